The van der Waals surface area contributed by atoms with Gasteiger partial charge in [0.2, 0.25) is 0 Å². The summed E-state index contributed by atoms with van der Waals surface area (Å²) in [5.74, 6) is -0.385. The van der Waals surface area contributed by atoms with Gasteiger partial charge in [0.05, 0.1) is 10.5 Å². The quantitative estimate of drug-likeness (QED) is 0.456. The van der Waals surface area contributed by atoms with Gasteiger partial charge in [0.15, 0.2) is 0 Å². The highest BCUT2D eigenvalue weighted by molar-refractivity contribution is 6.00. The Morgan fingerprint density at radius 3 is 2.56 bits per heavy atom. The standard InChI is InChI=1S/C17H27N5O3/c1-17(2,6-7-21-10-8-20(3)9-11-21)19-16(23)14-12-13(22(24)25)4-5-15(14)18/h4-5,12H,6-11,18H2,1-3H3,(H,19,23). The topological polar surface area (TPSA) is 105 Å². The van der Waals surface area contributed by atoms with Crippen molar-refractivity contribution >= 4 is 17.3 Å². The molecule has 1 saturated heterocycles. The van der Waals surface area contributed by atoms with Crippen molar-refractivity contribution in [3.8, 4) is 0 Å². The SMILES string of the molecule is CN1CCN(CCC(C)(C)NC(=O)c2cc([N+](=O)[O-])ccc2N)CC1. The fourth-order valence-corrected chi connectivity index (χ4v) is 2.80. The molecule has 1 aliphatic heterocycles. The summed E-state index contributed by atoms with van der Waals surface area (Å²) in [6, 6.07) is 3.91. The number of nitrogens with zero attached hydrogens (tertiary/aromatic N) is 3. The van der Waals surface area contributed by atoms with Crippen molar-refractivity contribution in [2.45, 2.75) is 25.8 Å². The Kier molecular flexibility index (Phi) is 5.97. The van der Waals surface area contributed by atoms with Crippen LogP contribution in [0.3, 0.4) is 0 Å². The van der Waals surface area contributed by atoms with Crippen LogP contribution in [0.2, 0.25) is 0 Å². The lowest BCUT2D eigenvalue weighted by Crippen LogP contribution is -2.49. The van der Waals surface area contributed by atoms with E-state index < -0.39 is 10.5 Å². The predicted octanol–water partition coefficient (Wildman–Crippen LogP) is 1.32. The number of hydrogen-bond acceptors (Lipinski definition) is 6. The van der Waals surface area contributed by atoms with Crippen LogP contribution in [-0.2, 0) is 0 Å². The Morgan fingerprint density at radius 2 is 1.96 bits per heavy atom. The van der Waals surface area contributed by atoms with Gasteiger partial charge in [0.25, 0.3) is 11.6 Å². The molecule has 8 heteroatoms. The molecule has 0 saturated carbocycles. The van der Waals surface area contributed by atoms with E-state index in [0.717, 1.165) is 39.1 Å². The van der Waals surface area contributed by atoms with Crippen LogP contribution in [0.5, 0.6) is 0 Å². The van der Waals surface area contributed by atoms with Crippen LogP contribution < -0.4 is 11.1 Å². The van der Waals surface area contributed by atoms with Crippen molar-refractivity contribution in [3.05, 3.63) is 33.9 Å². The first-order valence-electron chi connectivity index (χ1n) is 8.45. The lowest BCUT2D eigenvalue weighted by atomic mass is 9.99. The van der Waals surface area contributed by atoms with E-state index in [-0.39, 0.29) is 22.8 Å². The Morgan fingerprint density at radius 1 is 1.32 bits per heavy atom. The van der Waals surface area contributed by atoms with Gasteiger partial charge in [-0.05, 0) is 33.4 Å². The van der Waals surface area contributed by atoms with Crippen LogP contribution >= 0.6 is 0 Å². The number of likely N-dealkylation sites (N-methyl/N-ethyl adjacent to an activating group) is 1. The molecule has 1 fully saturated rings. The number of piperazine rings is 1. The maximum Gasteiger partial charge on any atom is 0.270 e. The highest BCUT2D eigenvalue weighted by Gasteiger charge is 2.25. The van der Waals surface area contributed by atoms with Gasteiger partial charge in [0.1, 0.15) is 0 Å². The van der Waals surface area contributed by atoms with Crippen LogP contribution in [0.4, 0.5) is 11.4 Å². The third kappa shape index (κ3) is 5.40. The molecule has 1 heterocycles. The fourth-order valence-electron chi connectivity index (χ4n) is 2.80. The molecule has 0 unspecified atom stereocenters. The first-order valence-corrected chi connectivity index (χ1v) is 8.45. The predicted molar refractivity (Wildman–Crippen MR) is 97.6 cm³/mol. The Labute approximate surface area is 148 Å². The number of carbonyl (C=O) groups is 1. The molecule has 0 spiro atoms. The van der Waals surface area contributed by atoms with Crippen LogP contribution in [0.15, 0.2) is 18.2 Å². The minimum atomic E-state index is -0.533. The minimum absolute atomic E-state index is 0.141. The van der Waals surface area contributed by atoms with Gasteiger partial charge in [-0.3, -0.25) is 14.9 Å². The molecule has 1 aromatic carbocycles. The molecule has 25 heavy (non-hydrogen) atoms. The number of nitro groups is 1. The highest BCUT2D eigenvalue weighted by atomic mass is 16.6. The molecule has 2 rings (SSSR count). The molecular weight excluding hydrogens is 322 g/mol. The Balaban J connectivity index is 1.96. The number of nitrogens with one attached hydrogen (secondary N) is 1. The van der Waals surface area contributed by atoms with Crippen LogP contribution in [0, 0.1) is 10.1 Å². The summed E-state index contributed by atoms with van der Waals surface area (Å²) >= 11 is 0. The van der Waals surface area contributed by atoms with E-state index in [0.29, 0.717) is 0 Å². The van der Waals surface area contributed by atoms with Gasteiger partial charge >= 0.3 is 0 Å². The molecule has 138 valence electrons. The second-order valence-electron chi connectivity index (χ2n) is 7.26. The second-order valence-corrected chi connectivity index (χ2v) is 7.26. The van der Waals surface area contributed by atoms with Crippen molar-refractivity contribution in [1.82, 2.24) is 15.1 Å². The van der Waals surface area contributed by atoms with Crippen molar-refractivity contribution in [2.24, 2.45) is 0 Å². The molecule has 1 aromatic rings. The molecular formula is C17H27N5O3. The number of benzene rings is 1. The molecule has 3 N–H and O–H groups in total. The summed E-state index contributed by atoms with van der Waals surface area (Å²) in [6.45, 7) is 8.96. The number of rotatable bonds is 6. The minimum Gasteiger partial charge on any atom is -0.398 e. The van der Waals surface area contributed by atoms with E-state index in [1.807, 2.05) is 13.8 Å². The molecule has 0 atom stereocenters. The van der Waals surface area contributed by atoms with Crippen LogP contribution in [0.1, 0.15) is 30.6 Å². The van der Waals surface area contributed by atoms with Crippen LogP contribution in [0.25, 0.3) is 0 Å². The van der Waals surface area contributed by atoms with E-state index in [4.69, 9.17) is 5.73 Å². The van der Waals surface area contributed by atoms with Crippen molar-refractivity contribution in [3.63, 3.8) is 0 Å². The largest absolute Gasteiger partial charge is 0.398 e. The molecule has 0 aliphatic carbocycles. The van der Waals surface area contributed by atoms with Gasteiger partial charge in [-0.1, -0.05) is 0 Å². The number of nitrogen functional groups attached to an aromatic ring is 1. The number of nitrogens with two attached hydrogens (primary N) is 1. The number of carbonyl (C=O) groups excluding carboxylic acids is 1. The molecule has 8 nitrogen and oxygen atoms in total. The van der Waals surface area contributed by atoms with Gasteiger partial charge in [-0.2, -0.15) is 0 Å². The summed E-state index contributed by atoms with van der Waals surface area (Å²) < 4.78 is 0. The van der Waals surface area contributed by atoms with E-state index in [2.05, 4.69) is 22.2 Å². The van der Waals surface area contributed by atoms with Crippen molar-refractivity contribution in [2.75, 3.05) is 45.5 Å². The third-order valence-electron chi connectivity index (χ3n) is 4.59. The summed E-state index contributed by atoms with van der Waals surface area (Å²) in [7, 11) is 2.12. The van der Waals surface area contributed by atoms with Crippen molar-refractivity contribution in [1.29, 1.82) is 0 Å². The van der Waals surface area contributed by atoms with Gasteiger partial charge in [-0.25, -0.2) is 0 Å². The summed E-state index contributed by atoms with van der Waals surface area (Å²) in [6.07, 6.45) is 0.789. The van der Waals surface area contributed by atoms with Gasteiger partial charge in [-0.15, -0.1) is 0 Å². The fraction of sp³-hybridized carbons (Fsp3) is 0.588. The molecule has 1 amide bonds. The lowest BCUT2D eigenvalue weighted by Gasteiger charge is -2.35. The normalized spacial score (nSPS) is 16.6. The van der Waals surface area contributed by atoms with Crippen LogP contribution in [-0.4, -0.2) is 65.9 Å². The number of nitro benzene ring substituents is 1. The molecule has 0 aromatic heterocycles. The lowest BCUT2D eigenvalue weighted by molar-refractivity contribution is -0.384. The first kappa shape index (κ1) is 19.1. The summed E-state index contributed by atoms with van der Waals surface area (Å²) in [5.41, 5.74) is 5.61. The van der Waals surface area contributed by atoms with E-state index in [9.17, 15) is 14.9 Å². The summed E-state index contributed by atoms with van der Waals surface area (Å²) in [4.78, 5) is 27.6. The van der Waals surface area contributed by atoms with E-state index in [1.54, 1.807) is 0 Å². The maximum atomic E-state index is 12.5. The Hall–Kier alpha value is -2.19. The number of anilines is 1. The van der Waals surface area contributed by atoms with Crippen molar-refractivity contribution < 1.29 is 9.72 Å². The van der Waals surface area contributed by atoms with E-state index >= 15 is 0 Å². The van der Waals surface area contributed by atoms with E-state index in [1.165, 1.54) is 18.2 Å². The molecule has 0 radical (unpaired) electrons. The average molecular weight is 349 g/mol. The number of hydrogen-bond donors (Lipinski definition) is 2. The smallest absolute Gasteiger partial charge is 0.270 e. The monoisotopic (exact) mass is 349 g/mol. The van der Waals surface area contributed by atoms with Gasteiger partial charge < -0.3 is 20.9 Å². The number of non-ortho nitro benzene ring substituents is 1. The molecule has 0 bridgehead atoms. The first-order chi connectivity index (χ1) is 11.7. The zero-order valence-corrected chi connectivity index (χ0v) is 15.1. The maximum absolute atomic E-state index is 12.5. The zero-order valence-electron chi connectivity index (χ0n) is 15.1. The molecule has 1 aliphatic rings. The third-order valence-corrected chi connectivity index (χ3v) is 4.59. The zero-order chi connectivity index (χ0) is 18.6. The number of amides is 1. The summed E-state index contributed by atoms with van der Waals surface area (Å²) in [5, 5.41) is 13.8. The Bertz CT molecular complexity index is 639. The second kappa shape index (κ2) is 7.79. The highest BCUT2D eigenvalue weighted by Crippen LogP contribution is 2.21. The average Bonchev–Trinajstić information content (AvgIpc) is 2.54. The van der Waals surface area contributed by atoms with Gasteiger partial charge in [0, 0.05) is 56.1 Å².